The minimum absolute atomic E-state index is 0.0306. The maximum atomic E-state index is 13.1. The Kier molecular flexibility index (Phi) is 9.38. The summed E-state index contributed by atoms with van der Waals surface area (Å²) in [7, 11) is 0. The number of ether oxygens (including phenoxy) is 1. The second-order valence-corrected chi connectivity index (χ2v) is 9.03. The molecule has 0 fully saturated rings. The van der Waals surface area contributed by atoms with Crippen molar-refractivity contribution in [2.24, 2.45) is 0 Å². The van der Waals surface area contributed by atoms with E-state index >= 15 is 0 Å². The van der Waals surface area contributed by atoms with E-state index in [1.54, 1.807) is 19.1 Å². The van der Waals surface area contributed by atoms with Crippen molar-refractivity contribution in [3.05, 3.63) is 62.6 Å². The quantitative estimate of drug-likeness (QED) is 0.490. The topological polar surface area (TPSA) is 58.6 Å². The summed E-state index contributed by atoms with van der Waals surface area (Å²) in [4.78, 5) is 27.4. The Balaban J connectivity index is 2.19. The molecule has 2 aromatic rings. The predicted octanol–water partition coefficient (Wildman–Crippen LogP) is 5.43. The number of nitrogens with one attached hydrogen (secondary N) is 1. The van der Waals surface area contributed by atoms with Gasteiger partial charge in [-0.2, -0.15) is 0 Å². The number of carbonyl (C=O) groups excluding carboxylic acids is 2. The Labute approximate surface area is 198 Å². The maximum Gasteiger partial charge on any atom is 0.261 e. The van der Waals surface area contributed by atoms with Crippen LogP contribution in [0.3, 0.4) is 0 Å². The van der Waals surface area contributed by atoms with Gasteiger partial charge in [0.05, 0.1) is 0 Å². The van der Waals surface area contributed by atoms with Crippen LogP contribution in [0.1, 0.15) is 43.9 Å². The molecule has 0 aliphatic heterocycles. The van der Waals surface area contributed by atoms with Crippen molar-refractivity contribution in [2.75, 3.05) is 6.61 Å². The summed E-state index contributed by atoms with van der Waals surface area (Å²) < 4.78 is 6.81. The third kappa shape index (κ3) is 7.25. The zero-order chi connectivity index (χ0) is 23.1. The van der Waals surface area contributed by atoms with Gasteiger partial charge in [0.1, 0.15) is 11.8 Å². The molecule has 0 bridgehead atoms. The number of hydrogen-bond donors (Lipinski definition) is 1. The van der Waals surface area contributed by atoms with Crippen LogP contribution in [-0.2, 0) is 16.1 Å². The van der Waals surface area contributed by atoms with Gasteiger partial charge in [-0.15, -0.1) is 0 Å². The lowest BCUT2D eigenvalue weighted by atomic mass is 10.1. The first-order chi connectivity index (χ1) is 14.6. The lowest BCUT2D eigenvalue weighted by Crippen LogP contribution is -2.50. The SMILES string of the molecule is CC[C@H](C)NC(=O)[C@H](C)N(Cc1cccc(Cl)c1)C(=O)COc1cc(C)c(Br)c(C)c1. The molecule has 168 valence electrons. The van der Waals surface area contributed by atoms with Crippen molar-refractivity contribution in [1.82, 2.24) is 10.2 Å². The average Bonchev–Trinajstić information content (AvgIpc) is 2.73. The Morgan fingerprint density at radius 1 is 1.16 bits per heavy atom. The van der Waals surface area contributed by atoms with Crippen molar-refractivity contribution in [3.63, 3.8) is 0 Å². The highest BCUT2D eigenvalue weighted by molar-refractivity contribution is 9.10. The normalized spacial score (nSPS) is 12.7. The maximum absolute atomic E-state index is 13.1. The zero-order valence-electron chi connectivity index (χ0n) is 18.7. The van der Waals surface area contributed by atoms with E-state index in [-0.39, 0.29) is 31.0 Å². The van der Waals surface area contributed by atoms with Crippen molar-refractivity contribution < 1.29 is 14.3 Å². The van der Waals surface area contributed by atoms with Crippen LogP contribution in [0.25, 0.3) is 0 Å². The van der Waals surface area contributed by atoms with Crippen molar-refractivity contribution in [2.45, 2.75) is 59.7 Å². The molecule has 2 atom stereocenters. The summed E-state index contributed by atoms with van der Waals surface area (Å²) in [5, 5.41) is 3.53. The summed E-state index contributed by atoms with van der Waals surface area (Å²) in [5.74, 6) is 0.149. The first-order valence-corrected chi connectivity index (χ1v) is 11.5. The number of halogens is 2. The minimum atomic E-state index is -0.655. The van der Waals surface area contributed by atoms with Crippen LogP contribution in [0.2, 0.25) is 5.02 Å². The second-order valence-electron chi connectivity index (χ2n) is 7.81. The third-order valence-electron chi connectivity index (χ3n) is 5.18. The summed E-state index contributed by atoms with van der Waals surface area (Å²) >= 11 is 9.64. The van der Waals surface area contributed by atoms with E-state index in [2.05, 4.69) is 21.2 Å². The van der Waals surface area contributed by atoms with Crippen LogP contribution in [0.4, 0.5) is 0 Å². The van der Waals surface area contributed by atoms with Gasteiger partial charge in [0.2, 0.25) is 5.91 Å². The van der Waals surface area contributed by atoms with E-state index in [0.29, 0.717) is 10.8 Å². The zero-order valence-corrected chi connectivity index (χ0v) is 21.0. The molecule has 0 aliphatic carbocycles. The lowest BCUT2D eigenvalue weighted by Gasteiger charge is -2.29. The fraction of sp³-hybridized carbons (Fsp3) is 0.417. The molecule has 0 aliphatic rings. The number of benzene rings is 2. The number of nitrogens with zero attached hydrogens (tertiary/aromatic N) is 1. The highest BCUT2D eigenvalue weighted by atomic mass is 79.9. The molecular formula is C24H30BrClN2O3. The van der Waals surface area contributed by atoms with Crippen molar-refractivity contribution in [3.8, 4) is 5.75 Å². The summed E-state index contributed by atoms with van der Waals surface area (Å²) in [6.07, 6.45) is 0.812. The van der Waals surface area contributed by atoms with Crippen LogP contribution in [0, 0.1) is 13.8 Å². The van der Waals surface area contributed by atoms with Crippen LogP contribution in [0.5, 0.6) is 5.75 Å². The highest BCUT2D eigenvalue weighted by Gasteiger charge is 2.27. The molecular weight excluding hydrogens is 480 g/mol. The van der Waals surface area contributed by atoms with E-state index in [1.165, 1.54) is 4.90 Å². The van der Waals surface area contributed by atoms with E-state index in [0.717, 1.165) is 27.6 Å². The van der Waals surface area contributed by atoms with Gasteiger partial charge in [-0.25, -0.2) is 0 Å². The smallest absolute Gasteiger partial charge is 0.261 e. The molecule has 0 heterocycles. The molecule has 7 heteroatoms. The van der Waals surface area contributed by atoms with Gasteiger partial charge in [0, 0.05) is 22.1 Å². The number of hydrogen-bond acceptors (Lipinski definition) is 3. The first kappa shape index (κ1) is 25.2. The van der Waals surface area contributed by atoms with Gasteiger partial charge in [-0.05, 0) is 75.1 Å². The standard InChI is InChI=1S/C24H30BrClN2O3/c1-6-17(4)27-24(30)18(5)28(13-19-8-7-9-20(26)12-19)22(29)14-31-21-10-15(2)23(25)16(3)11-21/h7-12,17-18H,6,13-14H2,1-5H3,(H,27,30)/t17-,18-/m0/s1. The van der Waals surface area contributed by atoms with E-state index in [1.807, 2.05) is 52.0 Å². The fourth-order valence-electron chi connectivity index (χ4n) is 3.10. The number of carbonyl (C=O) groups is 2. The first-order valence-electron chi connectivity index (χ1n) is 10.4. The van der Waals surface area contributed by atoms with Gasteiger partial charge in [0.25, 0.3) is 5.91 Å². The predicted molar refractivity (Wildman–Crippen MR) is 128 cm³/mol. The molecule has 5 nitrogen and oxygen atoms in total. The number of amides is 2. The third-order valence-corrected chi connectivity index (χ3v) is 6.67. The van der Waals surface area contributed by atoms with E-state index in [4.69, 9.17) is 16.3 Å². The summed E-state index contributed by atoms with van der Waals surface area (Å²) in [6.45, 7) is 9.71. The molecule has 31 heavy (non-hydrogen) atoms. The molecule has 0 saturated carbocycles. The van der Waals surface area contributed by atoms with Gasteiger partial charge >= 0.3 is 0 Å². The van der Waals surface area contributed by atoms with Crippen LogP contribution in [-0.4, -0.2) is 35.4 Å². The molecule has 0 radical (unpaired) electrons. The monoisotopic (exact) mass is 508 g/mol. The summed E-state index contributed by atoms with van der Waals surface area (Å²) in [6, 6.07) is 10.4. The Bertz CT molecular complexity index is 912. The number of rotatable bonds is 9. The van der Waals surface area contributed by atoms with Crippen LogP contribution in [0.15, 0.2) is 40.9 Å². The fourth-order valence-corrected chi connectivity index (χ4v) is 3.54. The van der Waals surface area contributed by atoms with Gasteiger partial charge in [-0.3, -0.25) is 9.59 Å². The van der Waals surface area contributed by atoms with Gasteiger partial charge in [0.15, 0.2) is 6.61 Å². The molecule has 0 spiro atoms. The minimum Gasteiger partial charge on any atom is -0.484 e. The van der Waals surface area contributed by atoms with Crippen LogP contribution < -0.4 is 10.1 Å². The molecule has 0 unspecified atom stereocenters. The molecule has 2 rings (SSSR count). The lowest BCUT2D eigenvalue weighted by molar-refractivity contribution is -0.142. The molecule has 0 aromatic heterocycles. The average molecular weight is 510 g/mol. The molecule has 1 N–H and O–H groups in total. The van der Waals surface area contributed by atoms with E-state index in [9.17, 15) is 9.59 Å². The largest absolute Gasteiger partial charge is 0.484 e. The van der Waals surface area contributed by atoms with Crippen molar-refractivity contribution >= 4 is 39.3 Å². The Hall–Kier alpha value is -2.05. The summed E-state index contributed by atoms with van der Waals surface area (Å²) in [5.41, 5.74) is 2.90. The molecule has 2 aromatic carbocycles. The van der Waals surface area contributed by atoms with Gasteiger partial charge in [-0.1, -0.05) is 46.6 Å². The Morgan fingerprint density at radius 2 is 1.81 bits per heavy atom. The molecule has 0 saturated heterocycles. The highest BCUT2D eigenvalue weighted by Crippen LogP contribution is 2.26. The van der Waals surface area contributed by atoms with E-state index < -0.39 is 6.04 Å². The Morgan fingerprint density at radius 3 is 2.39 bits per heavy atom. The molecule has 2 amide bonds. The number of aryl methyl sites for hydroxylation is 2. The van der Waals surface area contributed by atoms with Gasteiger partial charge < -0.3 is 15.0 Å². The van der Waals surface area contributed by atoms with Crippen molar-refractivity contribution in [1.29, 1.82) is 0 Å². The second kappa shape index (κ2) is 11.5. The van der Waals surface area contributed by atoms with Crippen LogP contribution >= 0.6 is 27.5 Å².